The number of hydrogen-bond acceptors (Lipinski definition) is 6. The van der Waals surface area contributed by atoms with Gasteiger partial charge in [-0.15, -0.1) is 0 Å². The zero-order valence-corrected chi connectivity index (χ0v) is 16.1. The van der Waals surface area contributed by atoms with Gasteiger partial charge in [0.1, 0.15) is 6.54 Å². The van der Waals surface area contributed by atoms with Crippen LogP contribution in [0.2, 0.25) is 0 Å². The first kappa shape index (κ1) is 19.5. The third kappa shape index (κ3) is 4.72. The average Bonchev–Trinajstić information content (AvgIpc) is 3.13. The van der Waals surface area contributed by atoms with E-state index in [1.807, 2.05) is 32.0 Å². The van der Waals surface area contributed by atoms with Crippen LogP contribution in [-0.4, -0.2) is 34.3 Å². The number of aromatic nitrogens is 3. The molecule has 3 aromatic rings. The molecule has 0 spiro atoms. The number of amides is 1. The number of benzene rings is 1. The number of rotatable bonds is 7. The van der Waals surface area contributed by atoms with Gasteiger partial charge in [-0.25, -0.2) is 0 Å². The number of carbonyl (C=O) groups is 1. The topological polar surface area (TPSA) is 99.3 Å². The molecule has 0 fully saturated rings. The molecule has 0 unspecified atom stereocenters. The van der Waals surface area contributed by atoms with Gasteiger partial charge in [0.25, 0.3) is 11.4 Å². The van der Waals surface area contributed by atoms with Gasteiger partial charge in [0, 0.05) is 31.5 Å². The van der Waals surface area contributed by atoms with Gasteiger partial charge in [-0.2, -0.15) is 4.98 Å². The normalized spacial score (nSPS) is 10.8. The molecule has 0 saturated carbocycles. The van der Waals surface area contributed by atoms with Crippen LogP contribution in [0, 0.1) is 13.8 Å². The second kappa shape index (κ2) is 8.62. The van der Waals surface area contributed by atoms with Gasteiger partial charge in [0.15, 0.2) is 5.82 Å². The maximum Gasteiger partial charge on any atom is 0.259 e. The summed E-state index contributed by atoms with van der Waals surface area (Å²) in [6.45, 7) is 4.27. The predicted octanol–water partition coefficient (Wildman–Crippen LogP) is 2.34. The molecule has 28 heavy (non-hydrogen) atoms. The highest BCUT2D eigenvalue weighted by Gasteiger charge is 2.12. The number of aryl methyl sites for hydroxylation is 2. The van der Waals surface area contributed by atoms with Crippen LogP contribution < -0.4 is 10.9 Å². The van der Waals surface area contributed by atoms with E-state index in [1.165, 1.54) is 16.8 Å². The van der Waals surface area contributed by atoms with E-state index in [0.717, 1.165) is 16.8 Å². The van der Waals surface area contributed by atoms with Crippen LogP contribution in [0.3, 0.4) is 0 Å². The van der Waals surface area contributed by atoms with E-state index >= 15 is 0 Å². The molecule has 1 N–H and O–H groups in total. The van der Waals surface area contributed by atoms with Gasteiger partial charge in [0.2, 0.25) is 5.91 Å². The van der Waals surface area contributed by atoms with Crippen molar-refractivity contribution in [2.75, 3.05) is 19.0 Å². The molecule has 0 aliphatic rings. The summed E-state index contributed by atoms with van der Waals surface area (Å²) in [6.07, 6.45) is 2.06. The standard InChI is InChI=1S/C20H22N4O4/c1-13-4-6-16(14(2)10-13)21-18(25)12-24-11-15(5-7-19(24)26)20-22-17(23-28-20)8-9-27-3/h4-7,10-11H,8-9,12H2,1-3H3,(H,21,25). The van der Waals surface area contributed by atoms with Crippen molar-refractivity contribution in [1.29, 1.82) is 0 Å². The molecule has 2 heterocycles. The fourth-order valence-electron chi connectivity index (χ4n) is 2.75. The van der Waals surface area contributed by atoms with Gasteiger partial charge in [0.05, 0.1) is 12.2 Å². The van der Waals surface area contributed by atoms with Crippen LogP contribution in [0.25, 0.3) is 11.5 Å². The number of nitrogens with zero attached hydrogens (tertiary/aromatic N) is 3. The van der Waals surface area contributed by atoms with Crippen molar-refractivity contribution in [3.63, 3.8) is 0 Å². The largest absolute Gasteiger partial charge is 0.384 e. The lowest BCUT2D eigenvalue weighted by molar-refractivity contribution is -0.116. The van der Waals surface area contributed by atoms with Crippen LogP contribution in [0.1, 0.15) is 17.0 Å². The Hall–Kier alpha value is -3.26. The fraction of sp³-hybridized carbons (Fsp3) is 0.300. The van der Waals surface area contributed by atoms with Crippen LogP contribution >= 0.6 is 0 Å². The lowest BCUT2D eigenvalue weighted by Gasteiger charge is -2.10. The number of nitrogens with one attached hydrogen (secondary N) is 1. The first-order chi connectivity index (χ1) is 13.5. The van der Waals surface area contributed by atoms with Gasteiger partial charge < -0.3 is 19.1 Å². The van der Waals surface area contributed by atoms with E-state index < -0.39 is 0 Å². The predicted molar refractivity (Wildman–Crippen MR) is 104 cm³/mol. The summed E-state index contributed by atoms with van der Waals surface area (Å²) in [5, 5.41) is 6.72. The smallest absolute Gasteiger partial charge is 0.259 e. The van der Waals surface area contributed by atoms with Crippen molar-refractivity contribution in [3.8, 4) is 11.5 Å². The van der Waals surface area contributed by atoms with Crippen LogP contribution in [-0.2, 0) is 22.5 Å². The van der Waals surface area contributed by atoms with Crippen molar-refractivity contribution >= 4 is 11.6 Å². The maximum atomic E-state index is 12.4. The zero-order chi connectivity index (χ0) is 20.1. The van der Waals surface area contributed by atoms with E-state index in [-0.39, 0.29) is 23.9 Å². The minimum absolute atomic E-state index is 0.120. The van der Waals surface area contributed by atoms with Crippen molar-refractivity contribution in [2.24, 2.45) is 0 Å². The van der Waals surface area contributed by atoms with Crippen LogP contribution in [0.4, 0.5) is 5.69 Å². The van der Waals surface area contributed by atoms with Gasteiger partial charge in [-0.05, 0) is 31.5 Å². The Labute approximate surface area is 162 Å². The number of pyridine rings is 1. The first-order valence-electron chi connectivity index (χ1n) is 8.86. The number of methoxy groups -OCH3 is 1. The van der Waals surface area contributed by atoms with Crippen molar-refractivity contribution in [1.82, 2.24) is 14.7 Å². The SMILES string of the molecule is COCCc1noc(-c2ccc(=O)n(CC(=O)Nc3ccc(C)cc3C)c2)n1. The molecule has 0 aliphatic heterocycles. The van der Waals surface area contributed by atoms with Crippen molar-refractivity contribution in [2.45, 2.75) is 26.8 Å². The van der Waals surface area contributed by atoms with E-state index in [4.69, 9.17) is 9.26 Å². The molecule has 0 saturated heterocycles. The zero-order valence-electron chi connectivity index (χ0n) is 16.1. The van der Waals surface area contributed by atoms with Gasteiger partial charge >= 0.3 is 0 Å². The second-order valence-corrected chi connectivity index (χ2v) is 6.51. The molecule has 146 valence electrons. The Bertz CT molecular complexity index is 1040. The molecule has 1 aromatic carbocycles. The fourth-order valence-corrected chi connectivity index (χ4v) is 2.75. The third-order valence-electron chi connectivity index (χ3n) is 4.20. The summed E-state index contributed by atoms with van der Waals surface area (Å²) in [5.41, 5.74) is 3.07. The second-order valence-electron chi connectivity index (χ2n) is 6.51. The molecule has 0 aliphatic carbocycles. The molecule has 3 rings (SSSR count). The Morgan fingerprint density at radius 3 is 2.82 bits per heavy atom. The summed E-state index contributed by atoms with van der Waals surface area (Å²) in [7, 11) is 1.60. The molecular formula is C20H22N4O4. The number of anilines is 1. The number of ether oxygens (including phenoxy) is 1. The summed E-state index contributed by atoms with van der Waals surface area (Å²) >= 11 is 0. The monoisotopic (exact) mass is 382 g/mol. The first-order valence-corrected chi connectivity index (χ1v) is 8.86. The highest BCUT2D eigenvalue weighted by atomic mass is 16.5. The average molecular weight is 382 g/mol. The minimum Gasteiger partial charge on any atom is -0.384 e. The van der Waals surface area contributed by atoms with E-state index in [0.29, 0.717) is 24.4 Å². The Morgan fingerprint density at radius 1 is 1.25 bits per heavy atom. The van der Waals surface area contributed by atoms with Gasteiger partial charge in [-0.3, -0.25) is 9.59 Å². The minimum atomic E-state index is -0.294. The quantitative estimate of drug-likeness (QED) is 0.673. The molecule has 0 radical (unpaired) electrons. The van der Waals surface area contributed by atoms with Crippen molar-refractivity contribution in [3.05, 3.63) is 63.8 Å². The molecule has 8 heteroatoms. The highest BCUT2D eigenvalue weighted by molar-refractivity contribution is 5.91. The molecule has 2 aromatic heterocycles. The van der Waals surface area contributed by atoms with E-state index in [9.17, 15) is 9.59 Å². The molecule has 0 atom stereocenters. The Morgan fingerprint density at radius 2 is 2.07 bits per heavy atom. The Kier molecular flexibility index (Phi) is 6.00. The molecular weight excluding hydrogens is 360 g/mol. The lowest BCUT2D eigenvalue weighted by Crippen LogP contribution is -2.27. The molecule has 0 bridgehead atoms. The van der Waals surface area contributed by atoms with E-state index in [2.05, 4.69) is 15.5 Å². The molecule has 8 nitrogen and oxygen atoms in total. The third-order valence-corrected chi connectivity index (χ3v) is 4.20. The highest BCUT2D eigenvalue weighted by Crippen LogP contribution is 2.17. The van der Waals surface area contributed by atoms with Crippen molar-refractivity contribution < 1.29 is 14.1 Å². The summed E-state index contributed by atoms with van der Waals surface area (Å²) < 4.78 is 11.5. The maximum absolute atomic E-state index is 12.4. The van der Waals surface area contributed by atoms with E-state index in [1.54, 1.807) is 13.2 Å². The lowest BCUT2D eigenvalue weighted by atomic mass is 10.1. The number of carbonyl (C=O) groups excluding carboxylic acids is 1. The van der Waals surface area contributed by atoms with Gasteiger partial charge in [-0.1, -0.05) is 22.9 Å². The van der Waals surface area contributed by atoms with Crippen LogP contribution in [0.15, 0.2) is 45.8 Å². The summed E-state index contributed by atoms with van der Waals surface area (Å²) in [4.78, 5) is 28.8. The summed E-state index contributed by atoms with van der Waals surface area (Å²) in [6, 6.07) is 8.72. The molecule has 1 amide bonds. The Balaban J connectivity index is 1.75. The summed E-state index contributed by atoms with van der Waals surface area (Å²) in [5.74, 6) is 0.509. The van der Waals surface area contributed by atoms with Crippen LogP contribution in [0.5, 0.6) is 0 Å². The number of hydrogen-bond donors (Lipinski definition) is 1.